The predicted molar refractivity (Wildman–Crippen MR) is 317 cm³/mol. The molecule has 0 spiro atoms. The molecule has 18 nitrogen and oxygen atoms in total. The molecule has 0 aliphatic carbocycles. The van der Waals surface area contributed by atoms with Gasteiger partial charge in [-0.15, -0.1) is 0 Å². The molecule has 0 amide bonds. The van der Waals surface area contributed by atoms with Crippen molar-refractivity contribution < 1.29 is 68.1 Å². The van der Waals surface area contributed by atoms with E-state index in [-0.39, 0.29) is 62.2 Å². The number of hydrogen-bond donors (Lipinski definition) is 4. The van der Waals surface area contributed by atoms with E-state index in [0.29, 0.717) is 142 Å². The van der Waals surface area contributed by atoms with Crippen molar-refractivity contribution in [1.82, 2.24) is 19.6 Å². The third-order valence-corrected chi connectivity index (χ3v) is 17.0. The molecule has 4 unspecified atom stereocenters. The molecule has 0 aromatic heterocycles. The van der Waals surface area contributed by atoms with Crippen LogP contribution in [0, 0.1) is 11.8 Å². The van der Waals surface area contributed by atoms with Crippen molar-refractivity contribution in [1.29, 1.82) is 0 Å². The van der Waals surface area contributed by atoms with E-state index in [2.05, 4.69) is 42.4 Å². The minimum atomic E-state index is -0.719. The molecule has 0 radical (unpaired) electrons. The normalized spacial score (nSPS) is 14.9. The molecule has 1 heterocycles. The summed E-state index contributed by atoms with van der Waals surface area (Å²) >= 11 is 0. The van der Waals surface area contributed by atoms with Crippen molar-refractivity contribution in [3.05, 3.63) is 0 Å². The number of carbonyl (C=O) groups excluding carboxylic acids is 5. The Balaban J connectivity index is 2.46. The van der Waals surface area contributed by atoms with E-state index < -0.39 is 24.4 Å². The molecule has 1 rings (SSSR count). The maximum Gasteiger partial charge on any atom is 0.305 e. The van der Waals surface area contributed by atoms with Gasteiger partial charge in [0.2, 0.25) is 0 Å². The van der Waals surface area contributed by atoms with Crippen molar-refractivity contribution in [3.8, 4) is 0 Å². The smallest absolute Gasteiger partial charge is 0.305 e. The molecule has 4 atom stereocenters. The van der Waals surface area contributed by atoms with Crippen LogP contribution in [0.2, 0.25) is 0 Å². The van der Waals surface area contributed by atoms with E-state index in [0.717, 1.165) is 109 Å². The number of carbonyl (C=O) groups is 5. The minimum Gasteiger partial charge on any atom is -0.466 e. The van der Waals surface area contributed by atoms with Crippen molar-refractivity contribution in [2.24, 2.45) is 11.8 Å². The van der Waals surface area contributed by atoms with Gasteiger partial charge in [-0.1, -0.05) is 102 Å². The zero-order valence-corrected chi connectivity index (χ0v) is 51.8. The molecular weight excluding hydrogens is 1050 g/mol. The van der Waals surface area contributed by atoms with Crippen LogP contribution in [0.25, 0.3) is 0 Å². The van der Waals surface area contributed by atoms with Gasteiger partial charge in [-0.2, -0.15) is 0 Å². The number of ether oxygens (including phenoxy) is 5. The standard InChI is InChI=1S/C59H112N4O14S2/c1-7-38-73-55(68)27-17-23-53(66)45-62(46-54(67)24-18-28-56(69)74-39-8-2)30-19-29-57(70)75-40-36-60-32-34-61(35-33-60)37-42-79-78-41-20-31-63(43-51(64)21-13-15-25-58(71)76-47-49(9-3)10-4)44-52(65)22-14-16-26-59(72)77-48-50(11-5)12-6/h49-54,64-67H,7-48H2,1-6H3. The SMILES string of the molecule is CCCOC(=O)CCCC(O)CN(CCCC(=O)OCCN1CCN(CCSSCCCN(CC(O)CCCCC(=O)OCC(CC)CC)CC(O)CCCCC(=O)OCC(CC)CC)CC1)CC(O)CCCC(=O)OCCC. The molecule has 4 N–H and O–H groups in total. The van der Waals surface area contributed by atoms with Gasteiger partial charge >= 0.3 is 29.8 Å². The average Bonchev–Trinajstić information content (AvgIpc) is 3.42. The topological polar surface area (TPSA) is 225 Å². The van der Waals surface area contributed by atoms with E-state index in [1.165, 1.54) is 0 Å². The number of esters is 5. The zero-order valence-electron chi connectivity index (χ0n) is 50.1. The Morgan fingerprint density at radius 2 is 0.759 bits per heavy atom. The highest BCUT2D eigenvalue weighted by Gasteiger charge is 2.21. The molecule has 1 aliphatic rings. The van der Waals surface area contributed by atoms with Crippen molar-refractivity contribution in [2.45, 2.75) is 214 Å². The Hall–Kier alpha value is -2.27. The molecule has 0 aromatic carbocycles. The molecule has 0 saturated carbocycles. The Bertz CT molecular complexity index is 1450. The Morgan fingerprint density at radius 1 is 0.418 bits per heavy atom. The molecule has 0 bridgehead atoms. The number of rotatable bonds is 53. The molecule has 20 heteroatoms. The molecule has 0 aromatic rings. The van der Waals surface area contributed by atoms with Crippen LogP contribution in [-0.2, 0) is 47.7 Å². The first-order chi connectivity index (χ1) is 38.1. The van der Waals surface area contributed by atoms with E-state index >= 15 is 0 Å². The third kappa shape index (κ3) is 43.1. The van der Waals surface area contributed by atoms with Crippen molar-refractivity contribution in [3.63, 3.8) is 0 Å². The number of unbranched alkanes of at least 4 members (excludes halogenated alkanes) is 2. The lowest BCUT2D eigenvalue weighted by atomic mass is 10.1. The first-order valence-corrected chi connectivity index (χ1v) is 33.3. The van der Waals surface area contributed by atoms with Crippen LogP contribution >= 0.6 is 21.6 Å². The summed E-state index contributed by atoms with van der Waals surface area (Å²) in [6, 6.07) is 0. The first kappa shape index (κ1) is 74.7. The third-order valence-electron chi connectivity index (χ3n) is 14.5. The quantitative estimate of drug-likeness (QED) is 0.0195. The average molecular weight is 1170 g/mol. The summed E-state index contributed by atoms with van der Waals surface area (Å²) in [5, 5.41) is 43.6. The van der Waals surface area contributed by atoms with Gasteiger partial charge in [0.15, 0.2) is 0 Å². The van der Waals surface area contributed by atoms with Gasteiger partial charge in [-0.25, -0.2) is 0 Å². The summed E-state index contributed by atoms with van der Waals surface area (Å²) in [5.41, 5.74) is 0. The maximum atomic E-state index is 12.8. The molecule has 464 valence electrons. The molecular formula is C59H112N4O14S2. The second-order valence-electron chi connectivity index (χ2n) is 21.6. The number of aliphatic hydroxyl groups is 4. The van der Waals surface area contributed by atoms with E-state index in [9.17, 15) is 44.4 Å². The maximum absolute atomic E-state index is 12.8. The van der Waals surface area contributed by atoms with Crippen LogP contribution in [-0.4, -0.2) is 217 Å². The zero-order chi connectivity index (χ0) is 58.3. The summed E-state index contributed by atoms with van der Waals surface area (Å²) in [7, 11) is 3.72. The summed E-state index contributed by atoms with van der Waals surface area (Å²) in [6.07, 6.45) is 11.4. The second kappa shape index (κ2) is 50.3. The lowest BCUT2D eigenvalue weighted by Gasteiger charge is -2.34. The molecule has 1 aliphatic heterocycles. The minimum absolute atomic E-state index is 0.175. The number of hydrogen-bond acceptors (Lipinski definition) is 20. The van der Waals surface area contributed by atoms with Gasteiger partial charge in [-0.05, 0) is 102 Å². The molecule has 79 heavy (non-hydrogen) atoms. The largest absolute Gasteiger partial charge is 0.466 e. The summed E-state index contributed by atoms with van der Waals surface area (Å²) in [5.74, 6) is 1.56. The molecule has 1 fully saturated rings. The fraction of sp³-hybridized carbons (Fsp3) is 0.915. The van der Waals surface area contributed by atoms with E-state index in [1.54, 1.807) is 0 Å². The van der Waals surface area contributed by atoms with Gasteiger partial charge in [0.25, 0.3) is 0 Å². The highest BCUT2D eigenvalue weighted by atomic mass is 33.1. The van der Waals surface area contributed by atoms with Gasteiger partial charge in [-0.3, -0.25) is 43.6 Å². The number of piperazine rings is 1. The Morgan fingerprint density at radius 3 is 1.18 bits per heavy atom. The second-order valence-corrected chi connectivity index (χ2v) is 24.3. The van der Waals surface area contributed by atoms with Crippen molar-refractivity contribution >= 4 is 51.4 Å². The highest BCUT2D eigenvalue weighted by Crippen LogP contribution is 2.23. The monoisotopic (exact) mass is 1160 g/mol. The van der Waals surface area contributed by atoms with Crippen LogP contribution in [0.4, 0.5) is 0 Å². The summed E-state index contributed by atoms with van der Waals surface area (Å²) < 4.78 is 26.8. The van der Waals surface area contributed by atoms with E-state index in [1.807, 2.05) is 40.3 Å². The predicted octanol–water partition coefficient (Wildman–Crippen LogP) is 8.07. The lowest BCUT2D eigenvalue weighted by Crippen LogP contribution is -2.47. The Labute approximate surface area is 485 Å². The fourth-order valence-corrected chi connectivity index (χ4v) is 11.3. The van der Waals surface area contributed by atoms with Gasteiger partial charge in [0.1, 0.15) is 6.61 Å². The van der Waals surface area contributed by atoms with Crippen molar-refractivity contribution in [2.75, 3.05) is 123 Å². The van der Waals surface area contributed by atoms with Gasteiger partial charge in [0.05, 0.1) is 50.8 Å². The van der Waals surface area contributed by atoms with Crippen LogP contribution in [0.1, 0.15) is 189 Å². The van der Waals surface area contributed by atoms with Crippen LogP contribution in [0.15, 0.2) is 0 Å². The van der Waals surface area contributed by atoms with E-state index in [4.69, 9.17) is 23.7 Å². The number of aliphatic hydroxyl groups excluding tert-OH is 4. The van der Waals surface area contributed by atoms with Crippen LogP contribution < -0.4 is 0 Å². The van der Waals surface area contributed by atoms with Crippen LogP contribution in [0.5, 0.6) is 0 Å². The lowest BCUT2D eigenvalue weighted by molar-refractivity contribution is -0.146. The Kier molecular flexibility index (Phi) is 47.6. The molecule has 1 saturated heterocycles. The first-order valence-electron chi connectivity index (χ1n) is 30.8. The summed E-state index contributed by atoms with van der Waals surface area (Å²) in [4.78, 5) is 70.0. The van der Waals surface area contributed by atoms with Crippen LogP contribution in [0.3, 0.4) is 0 Å². The fourth-order valence-electron chi connectivity index (χ4n) is 9.20. The van der Waals surface area contributed by atoms with Gasteiger partial charge in [0, 0.05) is 109 Å². The highest BCUT2D eigenvalue weighted by molar-refractivity contribution is 8.76. The van der Waals surface area contributed by atoms with Gasteiger partial charge < -0.3 is 44.1 Å². The summed E-state index contributed by atoms with van der Waals surface area (Å²) in [6.45, 7) is 22.4. The number of nitrogens with zero attached hydrogens (tertiary/aromatic N) is 4.